The molecular weight excluding hydrogens is 883 g/mol. The highest BCUT2D eigenvalue weighted by molar-refractivity contribution is 6.90. The quantitative estimate of drug-likeness (QED) is 0.0885. The van der Waals surface area contributed by atoms with Gasteiger partial charge in [-0.05, 0) is 98.3 Å². The average molecular weight is 946 g/mol. The number of methoxy groups -OCH3 is 1. The van der Waals surface area contributed by atoms with Crippen LogP contribution in [0.4, 0.5) is 28.2 Å². The number of nitrogens with zero attached hydrogens (tertiary/aromatic N) is 5. The van der Waals surface area contributed by atoms with E-state index in [1.807, 2.05) is 4.90 Å². The molecule has 2 bridgehead atoms. The highest BCUT2D eigenvalue weighted by atomic mass is 28.3. The molecule has 0 radical (unpaired) electrons. The highest BCUT2D eigenvalue weighted by Gasteiger charge is 2.50. The molecule has 4 aliphatic rings. The Hall–Kier alpha value is -5.14. The number of benzene rings is 3. The summed E-state index contributed by atoms with van der Waals surface area (Å²) in [6, 6.07) is 4.83. The Morgan fingerprint density at radius 1 is 0.955 bits per heavy atom. The minimum Gasteiger partial charge on any atom is -0.493 e. The van der Waals surface area contributed by atoms with Gasteiger partial charge >= 0.3 is 18.1 Å². The second-order valence-corrected chi connectivity index (χ2v) is 26.6. The van der Waals surface area contributed by atoms with Crippen molar-refractivity contribution in [3.05, 3.63) is 52.8 Å². The molecule has 1 N–H and O–H groups in total. The number of fused-ring (bicyclic) bond motifs is 5. The van der Waals surface area contributed by atoms with Gasteiger partial charge in [0.05, 0.1) is 47.7 Å². The van der Waals surface area contributed by atoms with E-state index < -0.39 is 72.6 Å². The number of piperazine rings is 1. The van der Waals surface area contributed by atoms with Crippen molar-refractivity contribution in [3.63, 3.8) is 0 Å². The summed E-state index contributed by atoms with van der Waals surface area (Å²) in [5, 5.41) is 10.3. The van der Waals surface area contributed by atoms with Gasteiger partial charge in [0.2, 0.25) is 0 Å². The molecule has 5 heterocycles. The van der Waals surface area contributed by atoms with Crippen molar-refractivity contribution in [2.45, 2.75) is 147 Å². The Labute approximate surface area is 391 Å². The fourth-order valence-electron chi connectivity index (χ4n) is 12.0. The second kappa shape index (κ2) is 18.1. The van der Waals surface area contributed by atoms with E-state index in [9.17, 15) is 19.1 Å². The number of alkyl halides is 1. The summed E-state index contributed by atoms with van der Waals surface area (Å²) < 4.78 is 85.4. The van der Waals surface area contributed by atoms with Gasteiger partial charge in [0.25, 0.3) is 0 Å². The van der Waals surface area contributed by atoms with Crippen molar-refractivity contribution in [2.75, 3.05) is 44.8 Å². The summed E-state index contributed by atoms with van der Waals surface area (Å²) in [5.41, 5.74) is 1.92. The van der Waals surface area contributed by atoms with Crippen molar-refractivity contribution in [1.29, 1.82) is 0 Å². The molecule has 67 heavy (non-hydrogen) atoms. The lowest BCUT2D eigenvalue weighted by atomic mass is 9.90. The summed E-state index contributed by atoms with van der Waals surface area (Å²) in [4.78, 5) is 40.9. The molecular formula is C51H63F4N5O6Si. The van der Waals surface area contributed by atoms with E-state index >= 15 is 13.2 Å². The Kier molecular flexibility index (Phi) is 13.0. The molecule has 0 aliphatic carbocycles. The molecule has 0 saturated carbocycles. The maximum Gasteiger partial charge on any atom is 0.410 e. The number of carboxylic acid groups (broad SMARTS) is 1. The van der Waals surface area contributed by atoms with E-state index in [1.165, 1.54) is 25.3 Å². The topological polar surface area (TPSA) is 118 Å². The third-order valence-corrected chi connectivity index (χ3v) is 21.1. The number of ether oxygens (including phenoxy) is 3. The first-order valence-corrected chi connectivity index (χ1v) is 25.9. The number of hydrogen-bond donors (Lipinski definition) is 1. The van der Waals surface area contributed by atoms with Crippen LogP contribution in [0.25, 0.3) is 32.8 Å². The third kappa shape index (κ3) is 8.68. The smallest absolute Gasteiger partial charge is 0.410 e. The summed E-state index contributed by atoms with van der Waals surface area (Å²) in [7, 11) is -1.22. The Morgan fingerprint density at radius 3 is 2.24 bits per heavy atom. The highest BCUT2D eigenvalue weighted by Crippen LogP contribution is 2.48. The SMILES string of the molecule is COc1c(F)c(-c2cc(CC(=O)O)cc3ccc(F)c(C#C[Si](C(C)C)(C(C)C)C(C)C)c23)c(F)c2nc(OC[C@@]34CCCN3C[C@H](F)C4)nc(N3CC4CCC(C3)N4C(=O)OC(C)(C)C)c12. The number of carboxylic acids is 1. The molecule has 4 saturated heterocycles. The number of rotatable bonds is 11. The number of amides is 1. The van der Waals surface area contributed by atoms with Crippen LogP contribution in [0.2, 0.25) is 16.6 Å². The van der Waals surface area contributed by atoms with Gasteiger partial charge in [-0.25, -0.2) is 22.4 Å². The average Bonchev–Trinajstić information content (AvgIpc) is 3.86. The normalized spacial score (nSPS) is 22.0. The van der Waals surface area contributed by atoms with Crippen LogP contribution in [0.5, 0.6) is 11.8 Å². The lowest BCUT2D eigenvalue weighted by Gasteiger charge is -2.42. The summed E-state index contributed by atoms with van der Waals surface area (Å²) in [6.45, 7) is 19.7. The first-order chi connectivity index (χ1) is 31.6. The van der Waals surface area contributed by atoms with Gasteiger partial charge in [0, 0.05) is 31.4 Å². The molecule has 1 aromatic heterocycles. The van der Waals surface area contributed by atoms with Crippen LogP contribution in [0.15, 0.2) is 24.3 Å². The Bertz CT molecular complexity index is 2650. The predicted octanol–water partition coefficient (Wildman–Crippen LogP) is 10.6. The molecule has 4 fully saturated rings. The molecule has 4 atom stereocenters. The molecule has 4 aliphatic heterocycles. The number of carbonyl (C=O) groups excluding carboxylic acids is 1. The molecule has 3 aromatic carbocycles. The summed E-state index contributed by atoms with van der Waals surface area (Å²) in [5.74, 6) is -1.19. The van der Waals surface area contributed by atoms with Gasteiger partial charge in [-0.1, -0.05) is 59.6 Å². The van der Waals surface area contributed by atoms with E-state index in [0.717, 1.165) is 6.42 Å². The maximum absolute atomic E-state index is 18.2. The van der Waals surface area contributed by atoms with Crippen LogP contribution in [-0.4, -0.2) is 114 Å². The lowest BCUT2D eigenvalue weighted by Crippen LogP contribution is -2.57. The minimum atomic E-state index is -2.47. The zero-order valence-electron chi connectivity index (χ0n) is 40.3. The molecule has 16 heteroatoms. The monoisotopic (exact) mass is 945 g/mol. The summed E-state index contributed by atoms with van der Waals surface area (Å²) >= 11 is 0. The van der Waals surface area contributed by atoms with Gasteiger partial charge in [-0.2, -0.15) is 9.97 Å². The zero-order valence-corrected chi connectivity index (χ0v) is 41.3. The third-order valence-electron chi connectivity index (χ3n) is 14.8. The Morgan fingerprint density at radius 2 is 1.63 bits per heavy atom. The van der Waals surface area contributed by atoms with Crippen molar-refractivity contribution >= 4 is 47.6 Å². The maximum atomic E-state index is 18.2. The van der Waals surface area contributed by atoms with Crippen LogP contribution >= 0.6 is 0 Å². The van der Waals surface area contributed by atoms with E-state index in [1.54, 1.807) is 31.7 Å². The predicted molar refractivity (Wildman–Crippen MR) is 254 cm³/mol. The number of anilines is 1. The van der Waals surface area contributed by atoms with Crippen molar-refractivity contribution in [1.82, 2.24) is 19.8 Å². The van der Waals surface area contributed by atoms with Crippen molar-refractivity contribution in [2.24, 2.45) is 0 Å². The van der Waals surface area contributed by atoms with Crippen LogP contribution in [0.1, 0.15) is 106 Å². The minimum absolute atomic E-state index is 0.0277. The molecule has 1 amide bonds. The Balaban J connectivity index is 1.36. The van der Waals surface area contributed by atoms with Gasteiger partial charge < -0.3 is 24.2 Å². The first-order valence-electron chi connectivity index (χ1n) is 23.6. The fraction of sp³-hybridized carbons (Fsp3) is 0.569. The number of carbonyl (C=O) groups is 2. The van der Waals surface area contributed by atoms with Crippen LogP contribution in [-0.2, 0) is 16.0 Å². The summed E-state index contributed by atoms with van der Waals surface area (Å²) in [6.07, 6.45) is 1.17. The van der Waals surface area contributed by atoms with Crippen LogP contribution in [0, 0.1) is 28.9 Å². The van der Waals surface area contributed by atoms with Gasteiger partial charge in [-0.3, -0.25) is 14.6 Å². The van der Waals surface area contributed by atoms with E-state index in [0.29, 0.717) is 31.2 Å². The van der Waals surface area contributed by atoms with Gasteiger partial charge in [0.15, 0.2) is 17.4 Å². The molecule has 4 aromatic rings. The fourth-order valence-corrected chi connectivity index (χ4v) is 17.2. The van der Waals surface area contributed by atoms with E-state index in [4.69, 9.17) is 19.2 Å². The van der Waals surface area contributed by atoms with E-state index in [-0.39, 0.29) is 106 Å². The van der Waals surface area contributed by atoms with Gasteiger partial charge in [-0.15, -0.1) is 5.54 Å². The molecule has 8 rings (SSSR count). The molecule has 2 unspecified atom stereocenters. The standard InChI is InChI=1S/C51H63F4N5O6Si/c1-28(2)67(29(3)4,30(5)6)19-16-36-38(53)15-12-32-20-31(22-39(61)62)21-37(40(32)36)41-43(54)45-42(46(64-10)44(41)55)47(57-48(56-45)65-27-51-17-11-18-59(51)24-33(52)23-51)58-25-34-13-14-35(26-58)60(34)49(63)66-50(7,8)9/h12,15,20-21,28-30,33-35H,11,13-14,17-18,22-27H2,1-10H3,(H,61,62)/t33-,34?,35?,51+/m1/s1. The number of halogens is 4. The molecule has 0 spiro atoms. The van der Waals surface area contributed by atoms with Crippen molar-refractivity contribution < 1.29 is 46.5 Å². The number of hydrogen-bond acceptors (Lipinski definition) is 9. The molecule has 11 nitrogen and oxygen atoms in total. The van der Waals surface area contributed by atoms with Crippen LogP contribution < -0.4 is 14.4 Å². The second-order valence-electron chi connectivity index (χ2n) is 21.0. The number of aromatic nitrogens is 2. The first kappa shape index (κ1) is 48.3. The number of aliphatic carboxylic acids is 1. The van der Waals surface area contributed by atoms with Crippen molar-refractivity contribution in [3.8, 4) is 34.4 Å². The van der Waals surface area contributed by atoms with Crippen LogP contribution in [0.3, 0.4) is 0 Å². The zero-order chi connectivity index (χ0) is 48.5. The molecule has 360 valence electrons. The van der Waals surface area contributed by atoms with Gasteiger partial charge in [0.1, 0.15) is 43.6 Å². The lowest BCUT2D eigenvalue weighted by molar-refractivity contribution is -0.136. The largest absolute Gasteiger partial charge is 0.493 e. The van der Waals surface area contributed by atoms with E-state index in [2.05, 4.69) is 62.9 Å².